The van der Waals surface area contributed by atoms with Crippen molar-refractivity contribution in [1.82, 2.24) is 4.98 Å². The summed E-state index contributed by atoms with van der Waals surface area (Å²) in [7, 11) is 4.54. The number of ether oxygens (including phenoxy) is 3. The molecule has 0 aliphatic heterocycles. The molecular formula is C25H22N2O4S. The Kier molecular flexibility index (Phi) is 6.37. The molecular weight excluding hydrogens is 424 g/mol. The number of hydrogen-bond acceptors (Lipinski definition) is 6. The van der Waals surface area contributed by atoms with Crippen LogP contribution in [0.3, 0.4) is 0 Å². The van der Waals surface area contributed by atoms with E-state index in [4.69, 9.17) is 14.2 Å². The number of carbonyl (C=O) groups is 1. The summed E-state index contributed by atoms with van der Waals surface area (Å²) in [6.07, 6.45) is 0. The quantitative estimate of drug-likeness (QED) is 0.391. The molecule has 0 fully saturated rings. The van der Waals surface area contributed by atoms with Crippen LogP contribution < -0.4 is 19.5 Å². The van der Waals surface area contributed by atoms with Gasteiger partial charge in [0.05, 0.1) is 27.0 Å². The van der Waals surface area contributed by atoms with Crippen molar-refractivity contribution in [2.75, 3.05) is 26.6 Å². The molecule has 0 radical (unpaired) electrons. The van der Waals surface area contributed by atoms with Crippen molar-refractivity contribution in [2.45, 2.75) is 0 Å². The number of carbonyl (C=O) groups excluding carboxylic acids is 1. The first-order valence-electron chi connectivity index (χ1n) is 9.85. The smallest absolute Gasteiger partial charge is 0.257 e. The summed E-state index contributed by atoms with van der Waals surface area (Å²) in [6, 6.07) is 21.6. The van der Waals surface area contributed by atoms with Crippen LogP contribution in [0.5, 0.6) is 17.2 Å². The van der Waals surface area contributed by atoms with Gasteiger partial charge in [-0.2, -0.15) is 0 Å². The highest BCUT2D eigenvalue weighted by atomic mass is 32.1. The number of nitrogens with zero attached hydrogens (tertiary/aromatic N) is 1. The molecule has 162 valence electrons. The molecule has 3 aromatic carbocycles. The molecule has 0 saturated heterocycles. The fourth-order valence-electron chi connectivity index (χ4n) is 3.31. The van der Waals surface area contributed by atoms with Gasteiger partial charge in [0.25, 0.3) is 5.91 Å². The van der Waals surface area contributed by atoms with E-state index in [1.165, 1.54) is 32.7 Å². The minimum atomic E-state index is -0.315. The lowest BCUT2D eigenvalue weighted by Gasteiger charge is -2.13. The Morgan fingerprint density at radius 2 is 1.41 bits per heavy atom. The predicted octanol–water partition coefficient (Wildman–Crippen LogP) is 5.76. The average Bonchev–Trinajstić information content (AvgIpc) is 3.32. The second kappa shape index (κ2) is 9.53. The van der Waals surface area contributed by atoms with E-state index in [1.54, 1.807) is 12.1 Å². The van der Waals surface area contributed by atoms with Gasteiger partial charge in [-0.3, -0.25) is 10.1 Å². The predicted molar refractivity (Wildman–Crippen MR) is 127 cm³/mol. The highest BCUT2D eigenvalue weighted by Gasteiger charge is 2.18. The summed E-state index contributed by atoms with van der Waals surface area (Å²) in [4.78, 5) is 17.4. The van der Waals surface area contributed by atoms with Crippen LogP contribution in [-0.4, -0.2) is 32.2 Å². The molecule has 1 amide bonds. The highest BCUT2D eigenvalue weighted by molar-refractivity contribution is 7.14. The summed E-state index contributed by atoms with van der Waals surface area (Å²) in [5, 5.41) is 5.27. The molecule has 0 aliphatic rings. The number of methoxy groups -OCH3 is 3. The van der Waals surface area contributed by atoms with Gasteiger partial charge in [0.1, 0.15) is 0 Å². The van der Waals surface area contributed by atoms with Crippen molar-refractivity contribution in [3.63, 3.8) is 0 Å². The maximum atomic E-state index is 12.8. The first kappa shape index (κ1) is 21.4. The topological polar surface area (TPSA) is 69.7 Å². The summed E-state index contributed by atoms with van der Waals surface area (Å²) in [5.74, 6) is 0.942. The number of amides is 1. The van der Waals surface area contributed by atoms with Crippen molar-refractivity contribution in [1.29, 1.82) is 0 Å². The largest absolute Gasteiger partial charge is 0.493 e. The van der Waals surface area contributed by atoms with Crippen LogP contribution in [0.15, 0.2) is 72.1 Å². The number of hydrogen-bond donors (Lipinski definition) is 1. The van der Waals surface area contributed by atoms with E-state index in [0.717, 1.165) is 22.4 Å². The molecule has 1 aromatic heterocycles. The number of rotatable bonds is 7. The number of benzene rings is 3. The van der Waals surface area contributed by atoms with Crippen molar-refractivity contribution < 1.29 is 19.0 Å². The third kappa shape index (κ3) is 4.43. The number of thiazole rings is 1. The highest BCUT2D eigenvalue weighted by Crippen LogP contribution is 2.38. The lowest BCUT2D eigenvalue weighted by atomic mass is 10.0. The number of aromatic nitrogens is 1. The maximum absolute atomic E-state index is 12.8. The Labute approximate surface area is 190 Å². The standard InChI is InChI=1S/C25H22N2O4S/c1-29-21-13-19(14-22(30-2)23(21)31-3)24(28)27-25-26-20(15-32-25)18-11-9-17(10-12-18)16-7-5-4-6-8-16/h4-15H,1-3H3,(H,26,27,28). The molecule has 1 heterocycles. The zero-order chi connectivity index (χ0) is 22.5. The van der Waals surface area contributed by atoms with Gasteiger partial charge in [-0.25, -0.2) is 4.98 Å². The van der Waals surface area contributed by atoms with E-state index >= 15 is 0 Å². The second-order valence-corrected chi connectivity index (χ2v) is 7.71. The van der Waals surface area contributed by atoms with E-state index in [1.807, 2.05) is 35.7 Å². The SMILES string of the molecule is COc1cc(C(=O)Nc2nc(-c3ccc(-c4ccccc4)cc3)cs2)cc(OC)c1OC. The zero-order valence-electron chi connectivity index (χ0n) is 17.9. The minimum absolute atomic E-state index is 0.315. The van der Waals surface area contributed by atoms with Gasteiger partial charge in [0.2, 0.25) is 5.75 Å². The molecule has 0 atom stereocenters. The van der Waals surface area contributed by atoms with E-state index in [2.05, 4.69) is 34.6 Å². The summed E-state index contributed by atoms with van der Waals surface area (Å²) >= 11 is 1.37. The molecule has 0 spiro atoms. The van der Waals surface area contributed by atoms with Gasteiger partial charge < -0.3 is 14.2 Å². The van der Waals surface area contributed by atoms with Gasteiger partial charge >= 0.3 is 0 Å². The van der Waals surface area contributed by atoms with E-state index in [9.17, 15) is 4.79 Å². The summed E-state index contributed by atoms with van der Waals surface area (Å²) in [6.45, 7) is 0. The van der Waals surface area contributed by atoms with Crippen molar-refractivity contribution >= 4 is 22.4 Å². The van der Waals surface area contributed by atoms with E-state index in [0.29, 0.717) is 27.9 Å². The van der Waals surface area contributed by atoms with Gasteiger partial charge in [-0.1, -0.05) is 54.6 Å². The normalized spacial score (nSPS) is 10.5. The summed E-state index contributed by atoms with van der Waals surface area (Å²) in [5.41, 5.74) is 4.46. The van der Waals surface area contributed by atoms with Gasteiger partial charge in [-0.15, -0.1) is 11.3 Å². The molecule has 0 unspecified atom stereocenters. The Balaban J connectivity index is 1.52. The van der Waals surface area contributed by atoms with Crippen LogP contribution in [0.4, 0.5) is 5.13 Å². The molecule has 4 rings (SSSR count). The van der Waals surface area contributed by atoms with Crippen LogP contribution in [0.1, 0.15) is 10.4 Å². The Bertz CT molecular complexity index is 1200. The van der Waals surface area contributed by atoms with Crippen LogP contribution in [0.25, 0.3) is 22.4 Å². The second-order valence-electron chi connectivity index (χ2n) is 6.85. The van der Waals surface area contributed by atoms with Crippen molar-refractivity contribution in [3.8, 4) is 39.6 Å². The van der Waals surface area contributed by atoms with Crippen LogP contribution in [-0.2, 0) is 0 Å². The van der Waals surface area contributed by atoms with E-state index < -0.39 is 0 Å². The summed E-state index contributed by atoms with van der Waals surface area (Å²) < 4.78 is 16.0. The Morgan fingerprint density at radius 3 is 2.00 bits per heavy atom. The molecule has 0 saturated carbocycles. The molecule has 32 heavy (non-hydrogen) atoms. The lowest BCUT2D eigenvalue weighted by Crippen LogP contribution is -2.12. The van der Waals surface area contributed by atoms with Crippen LogP contribution in [0, 0.1) is 0 Å². The molecule has 4 aromatic rings. The minimum Gasteiger partial charge on any atom is -0.493 e. The number of nitrogens with one attached hydrogen (secondary N) is 1. The molecule has 0 bridgehead atoms. The van der Waals surface area contributed by atoms with Crippen molar-refractivity contribution in [2.24, 2.45) is 0 Å². The van der Waals surface area contributed by atoms with Gasteiger partial charge in [0.15, 0.2) is 16.6 Å². The third-order valence-electron chi connectivity index (χ3n) is 4.94. The zero-order valence-corrected chi connectivity index (χ0v) is 18.7. The fourth-order valence-corrected chi connectivity index (χ4v) is 4.02. The first-order chi connectivity index (χ1) is 15.6. The Hall–Kier alpha value is -3.84. The first-order valence-corrected chi connectivity index (χ1v) is 10.7. The monoisotopic (exact) mass is 446 g/mol. The van der Waals surface area contributed by atoms with Crippen LogP contribution in [0.2, 0.25) is 0 Å². The van der Waals surface area contributed by atoms with Crippen LogP contribution >= 0.6 is 11.3 Å². The molecule has 7 heteroatoms. The third-order valence-corrected chi connectivity index (χ3v) is 5.70. The van der Waals surface area contributed by atoms with E-state index in [-0.39, 0.29) is 5.91 Å². The number of anilines is 1. The van der Waals surface area contributed by atoms with Gasteiger partial charge in [-0.05, 0) is 23.3 Å². The molecule has 0 aliphatic carbocycles. The fraction of sp³-hybridized carbons (Fsp3) is 0.120. The average molecular weight is 447 g/mol. The molecule has 1 N–H and O–H groups in total. The Morgan fingerprint density at radius 1 is 0.812 bits per heavy atom. The lowest BCUT2D eigenvalue weighted by molar-refractivity contribution is 0.102. The van der Waals surface area contributed by atoms with Crippen molar-refractivity contribution in [3.05, 3.63) is 77.7 Å². The van der Waals surface area contributed by atoms with Gasteiger partial charge in [0, 0.05) is 16.5 Å². The molecule has 6 nitrogen and oxygen atoms in total. The maximum Gasteiger partial charge on any atom is 0.257 e.